The minimum Gasteiger partial charge on any atom is -0.494 e. The van der Waals surface area contributed by atoms with E-state index in [1.165, 1.54) is 0 Å². The van der Waals surface area contributed by atoms with Crippen LogP contribution in [0.4, 0.5) is 0 Å². The molecule has 1 atom stereocenters. The number of benzene rings is 2. The Labute approximate surface area is 164 Å². The molecule has 26 heavy (non-hydrogen) atoms. The van der Waals surface area contributed by atoms with Crippen molar-refractivity contribution in [2.45, 2.75) is 30.0 Å². The minimum atomic E-state index is -3.56. The maximum absolute atomic E-state index is 13.1. The van der Waals surface area contributed by atoms with Crippen LogP contribution in [-0.4, -0.2) is 31.6 Å². The third kappa shape index (κ3) is 4.36. The largest absolute Gasteiger partial charge is 0.494 e. The van der Waals surface area contributed by atoms with E-state index in [1.807, 2.05) is 12.1 Å². The maximum Gasteiger partial charge on any atom is 0.244 e. The molecule has 0 aliphatic carbocycles. The third-order valence-electron chi connectivity index (χ3n) is 4.20. The molecule has 1 fully saturated rings. The highest BCUT2D eigenvalue weighted by Gasteiger charge is 2.36. The highest BCUT2D eigenvalue weighted by molar-refractivity contribution is 8.01. The normalized spacial score (nSPS) is 18.2. The van der Waals surface area contributed by atoms with Gasteiger partial charge >= 0.3 is 0 Å². The first-order chi connectivity index (χ1) is 12.5. The van der Waals surface area contributed by atoms with Crippen LogP contribution in [0.25, 0.3) is 0 Å². The zero-order chi connectivity index (χ0) is 18.6. The van der Waals surface area contributed by atoms with E-state index < -0.39 is 10.0 Å². The topological polar surface area (TPSA) is 46.6 Å². The second-order valence-corrected chi connectivity index (χ2v) is 9.58. The van der Waals surface area contributed by atoms with Crippen LogP contribution in [0.1, 0.15) is 30.7 Å². The fourth-order valence-corrected chi connectivity index (χ4v) is 6.14. The molecule has 0 radical (unpaired) electrons. The molecular weight excluding hydrogens is 390 g/mol. The zero-order valence-corrected chi connectivity index (χ0v) is 17.0. The monoisotopic (exact) mass is 411 g/mol. The number of ether oxygens (including phenoxy) is 1. The Bertz CT molecular complexity index is 823. The average molecular weight is 412 g/mol. The standard InChI is InChI=1S/C19H22ClNO3S2/c1-2-3-13-24-17-8-10-18(11-9-17)26(22,23)21-12-14-25-19(21)15-4-6-16(20)7-5-15/h4-11,19H,2-3,12-14H2,1H3/t19-/m0/s1. The van der Waals surface area contributed by atoms with Crippen LogP contribution < -0.4 is 4.74 Å². The highest BCUT2D eigenvalue weighted by atomic mass is 35.5. The Hall–Kier alpha value is -1.21. The lowest BCUT2D eigenvalue weighted by atomic mass is 10.2. The Morgan fingerprint density at radius 2 is 1.85 bits per heavy atom. The van der Waals surface area contributed by atoms with Gasteiger partial charge < -0.3 is 4.74 Å². The van der Waals surface area contributed by atoms with E-state index >= 15 is 0 Å². The van der Waals surface area contributed by atoms with Crippen LogP contribution in [0, 0.1) is 0 Å². The first-order valence-electron chi connectivity index (χ1n) is 8.64. The minimum absolute atomic E-state index is 0.224. The first-order valence-corrected chi connectivity index (χ1v) is 11.5. The summed E-state index contributed by atoms with van der Waals surface area (Å²) in [4.78, 5) is 0.293. The number of unbranched alkanes of at least 4 members (excludes halogenated alkanes) is 1. The molecule has 0 N–H and O–H groups in total. The molecule has 0 spiro atoms. The number of rotatable bonds is 7. The lowest BCUT2D eigenvalue weighted by Gasteiger charge is -2.23. The molecular formula is C19H22ClNO3S2. The van der Waals surface area contributed by atoms with Gasteiger partial charge in [-0.3, -0.25) is 0 Å². The quantitative estimate of drug-likeness (QED) is 0.604. The van der Waals surface area contributed by atoms with Crippen molar-refractivity contribution in [1.82, 2.24) is 4.31 Å². The molecule has 3 rings (SSSR count). The van der Waals surface area contributed by atoms with Gasteiger partial charge in [0.2, 0.25) is 10.0 Å². The van der Waals surface area contributed by atoms with E-state index in [4.69, 9.17) is 16.3 Å². The molecule has 4 nitrogen and oxygen atoms in total. The van der Waals surface area contributed by atoms with Crippen LogP contribution in [0.2, 0.25) is 5.02 Å². The van der Waals surface area contributed by atoms with Gasteiger partial charge in [-0.2, -0.15) is 4.31 Å². The lowest BCUT2D eigenvalue weighted by molar-refractivity contribution is 0.309. The van der Waals surface area contributed by atoms with Gasteiger partial charge in [-0.25, -0.2) is 8.42 Å². The van der Waals surface area contributed by atoms with Crippen LogP contribution in [-0.2, 0) is 10.0 Å². The number of sulfonamides is 1. The first kappa shape index (κ1) is 19.5. The van der Waals surface area contributed by atoms with Crippen molar-refractivity contribution >= 4 is 33.4 Å². The van der Waals surface area contributed by atoms with E-state index in [9.17, 15) is 8.42 Å². The summed E-state index contributed by atoms with van der Waals surface area (Å²) in [6.07, 6.45) is 2.04. The molecule has 2 aromatic rings. The molecule has 1 aliphatic rings. The molecule has 2 aromatic carbocycles. The van der Waals surface area contributed by atoms with Crippen molar-refractivity contribution in [2.24, 2.45) is 0 Å². The molecule has 0 aromatic heterocycles. The maximum atomic E-state index is 13.1. The second kappa shape index (κ2) is 8.65. The Morgan fingerprint density at radius 1 is 1.15 bits per heavy atom. The summed E-state index contributed by atoms with van der Waals surface area (Å²) in [5.74, 6) is 1.47. The Morgan fingerprint density at radius 3 is 2.50 bits per heavy atom. The van der Waals surface area contributed by atoms with Crippen molar-refractivity contribution in [3.63, 3.8) is 0 Å². The van der Waals surface area contributed by atoms with Crippen LogP contribution in [0.15, 0.2) is 53.4 Å². The molecule has 0 amide bonds. The zero-order valence-electron chi connectivity index (χ0n) is 14.6. The van der Waals surface area contributed by atoms with Crippen molar-refractivity contribution in [2.75, 3.05) is 18.9 Å². The number of hydrogen-bond acceptors (Lipinski definition) is 4. The van der Waals surface area contributed by atoms with Gasteiger partial charge in [0.15, 0.2) is 0 Å². The van der Waals surface area contributed by atoms with Crippen molar-refractivity contribution in [3.05, 3.63) is 59.1 Å². The summed E-state index contributed by atoms with van der Waals surface area (Å²) in [6, 6.07) is 14.1. The molecule has 140 valence electrons. The Kier molecular flexibility index (Phi) is 6.51. The van der Waals surface area contributed by atoms with Crippen molar-refractivity contribution < 1.29 is 13.2 Å². The molecule has 0 unspecified atom stereocenters. The molecule has 0 bridgehead atoms. The summed E-state index contributed by atoms with van der Waals surface area (Å²) >= 11 is 7.58. The van der Waals surface area contributed by atoms with E-state index in [-0.39, 0.29) is 5.37 Å². The number of nitrogens with zero attached hydrogens (tertiary/aromatic N) is 1. The SMILES string of the molecule is CCCCOc1ccc(S(=O)(=O)N2CCS[C@H]2c2ccc(Cl)cc2)cc1. The summed E-state index contributed by atoms with van der Waals surface area (Å²) in [7, 11) is -3.56. The molecule has 1 heterocycles. The third-order valence-corrected chi connectivity index (χ3v) is 7.73. The van der Waals surface area contributed by atoms with Crippen LogP contribution in [0.5, 0.6) is 5.75 Å². The van der Waals surface area contributed by atoms with Gasteiger partial charge in [0.25, 0.3) is 0 Å². The summed E-state index contributed by atoms with van der Waals surface area (Å²) < 4.78 is 33.4. The molecule has 1 saturated heterocycles. The molecule has 7 heteroatoms. The average Bonchev–Trinajstić information content (AvgIpc) is 3.14. The number of thioether (sulfide) groups is 1. The number of hydrogen-bond donors (Lipinski definition) is 0. The predicted molar refractivity (Wildman–Crippen MR) is 107 cm³/mol. The van der Waals surface area contributed by atoms with E-state index in [0.717, 1.165) is 24.2 Å². The lowest BCUT2D eigenvalue weighted by Crippen LogP contribution is -2.30. The van der Waals surface area contributed by atoms with E-state index in [1.54, 1.807) is 52.5 Å². The van der Waals surface area contributed by atoms with Gasteiger partial charge in [0, 0.05) is 17.3 Å². The fraction of sp³-hybridized carbons (Fsp3) is 0.368. The van der Waals surface area contributed by atoms with Crippen molar-refractivity contribution in [1.29, 1.82) is 0 Å². The van der Waals surface area contributed by atoms with E-state index in [2.05, 4.69) is 6.92 Å². The predicted octanol–water partition coefficient (Wildman–Crippen LogP) is 4.96. The summed E-state index contributed by atoms with van der Waals surface area (Å²) in [5, 5.41) is 0.419. The van der Waals surface area contributed by atoms with E-state index in [0.29, 0.717) is 28.8 Å². The molecule has 0 saturated carbocycles. The molecule has 1 aliphatic heterocycles. The van der Waals surface area contributed by atoms with Gasteiger partial charge in [-0.1, -0.05) is 37.1 Å². The second-order valence-electron chi connectivity index (χ2n) is 6.06. The van der Waals surface area contributed by atoms with Crippen LogP contribution >= 0.6 is 23.4 Å². The highest BCUT2D eigenvalue weighted by Crippen LogP contribution is 2.41. The van der Waals surface area contributed by atoms with Crippen molar-refractivity contribution in [3.8, 4) is 5.75 Å². The van der Waals surface area contributed by atoms with Gasteiger partial charge in [-0.05, 0) is 48.4 Å². The van der Waals surface area contributed by atoms with Gasteiger partial charge in [0.05, 0.1) is 16.9 Å². The fourth-order valence-electron chi connectivity index (χ4n) is 2.77. The Balaban J connectivity index is 1.79. The van der Waals surface area contributed by atoms with Gasteiger partial charge in [-0.15, -0.1) is 11.8 Å². The number of halogens is 1. The summed E-state index contributed by atoms with van der Waals surface area (Å²) in [5.41, 5.74) is 0.944. The van der Waals surface area contributed by atoms with Gasteiger partial charge in [0.1, 0.15) is 5.75 Å². The summed E-state index contributed by atoms with van der Waals surface area (Å²) in [6.45, 7) is 3.24. The van der Waals surface area contributed by atoms with Crippen LogP contribution in [0.3, 0.4) is 0 Å². The smallest absolute Gasteiger partial charge is 0.244 e.